The summed E-state index contributed by atoms with van der Waals surface area (Å²) >= 11 is 0. The number of likely N-dealkylation sites (N-methyl/N-ethyl adjacent to an activating group) is 1. The van der Waals surface area contributed by atoms with Crippen molar-refractivity contribution in [1.29, 1.82) is 0 Å². The fourth-order valence-electron chi connectivity index (χ4n) is 1.89. The van der Waals surface area contributed by atoms with Crippen LogP contribution in [0.1, 0.15) is 22.8 Å². The van der Waals surface area contributed by atoms with Gasteiger partial charge in [0, 0.05) is 7.05 Å². The molecule has 100 valence electrons. The average molecular weight is 258 g/mol. The van der Waals surface area contributed by atoms with Crippen molar-refractivity contribution in [1.82, 2.24) is 20.1 Å². The Balaban J connectivity index is 1.96. The van der Waals surface area contributed by atoms with E-state index in [9.17, 15) is 4.79 Å². The summed E-state index contributed by atoms with van der Waals surface area (Å²) in [5.41, 5.74) is 2.19. The molecule has 19 heavy (non-hydrogen) atoms. The number of nitrogens with one attached hydrogen (secondary N) is 1. The van der Waals surface area contributed by atoms with E-state index < -0.39 is 0 Å². The zero-order valence-corrected chi connectivity index (χ0v) is 11.5. The van der Waals surface area contributed by atoms with E-state index in [0.29, 0.717) is 18.8 Å². The van der Waals surface area contributed by atoms with Crippen LogP contribution in [-0.4, -0.2) is 33.0 Å². The third-order valence-corrected chi connectivity index (χ3v) is 2.89. The number of hydrogen-bond donors (Lipinski definition) is 1. The summed E-state index contributed by atoms with van der Waals surface area (Å²) in [5, 5.41) is 6.80. The fraction of sp³-hybridized carbons (Fsp3) is 0.357. The van der Waals surface area contributed by atoms with Crippen molar-refractivity contribution in [2.45, 2.75) is 26.8 Å². The molecule has 1 heterocycles. The Kier molecular flexibility index (Phi) is 3.94. The van der Waals surface area contributed by atoms with Crippen molar-refractivity contribution >= 4 is 5.91 Å². The molecule has 0 radical (unpaired) electrons. The van der Waals surface area contributed by atoms with Crippen LogP contribution in [0.25, 0.3) is 0 Å². The minimum absolute atomic E-state index is 0.0630. The first kappa shape index (κ1) is 13.3. The first-order chi connectivity index (χ1) is 9.04. The topological polar surface area (TPSA) is 61.9 Å². The quantitative estimate of drug-likeness (QED) is 0.906. The molecule has 0 aliphatic rings. The van der Waals surface area contributed by atoms with Crippen molar-refractivity contribution in [2.24, 2.45) is 0 Å². The molecule has 0 bridgehead atoms. The lowest BCUT2D eigenvalue weighted by Gasteiger charge is -2.15. The highest BCUT2D eigenvalue weighted by Crippen LogP contribution is 2.07. The van der Waals surface area contributed by atoms with Crippen LogP contribution < -0.4 is 0 Å². The number of nitrogens with zero attached hydrogens (tertiary/aromatic N) is 3. The first-order valence-electron chi connectivity index (χ1n) is 6.22. The normalized spacial score (nSPS) is 10.5. The predicted octanol–water partition coefficient (Wildman–Crippen LogP) is 1.62. The number of carbonyl (C=O) groups is 1. The number of aromatic nitrogens is 3. The summed E-state index contributed by atoms with van der Waals surface area (Å²) < 4.78 is 0. The molecule has 0 spiro atoms. The number of carbonyl (C=O) groups excluding carboxylic acids is 1. The molecule has 1 aromatic carbocycles. The van der Waals surface area contributed by atoms with Crippen LogP contribution in [0.4, 0.5) is 0 Å². The van der Waals surface area contributed by atoms with Gasteiger partial charge >= 0.3 is 0 Å². The summed E-state index contributed by atoms with van der Waals surface area (Å²) in [6.07, 6.45) is 0.404. The maximum atomic E-state index is 12.1. The molecule has 0 saturated carbocycles. The molecule has 2 rings (SSSR count). The number of aromatic amines is 1. The van der Waals surface area contributed by atoms with Gasteiger partial charge in [-0.15, -0.1) is 0 Å². The first-order valence-corrected chi connectivity index (χ1v) is 6.22. The molecule has 1 N–H and O–H groups in total. The summed E-state index contributed by atoms with van der Waals surface area (Å²) in [6.45, 7) is 4.29. The second kappa shape index (κ2) is 5.65. The SMILES string of the molecule is Cc1cccc(CC(=O)N(C)Cc2n[nH]c(C)n2)c1. The van der Waals surface area contributed by atoms with E-state index in [0.717, 1.165) is 17.0 Å². The van der Waals surface area contributed by atoms with Gasteiger partial charge in [-0.05, 0) is 19.4 Å². The number of aryl methyl sites for hydroxylation is 2. The zero-order chi connectivity index (χ0) is 13.8. The van der Waals surface area contributed by atoms with E-state index in [2.05, 4.69) is 15.2 Å². The Morgan fingerprint density at radius 3 is 2.79 bits per heavy atom. The number of amides is 1. The van der Waals surface area contributed by atoms with Crippen molar-refractivity contribution in [3.05, 3.63) is 47.0 Å². The molecule has 1 aromatic heterocycles. The van der Waals surface area contributed by atoms with Crippen LogP contribution >= 0.6 is 0 Å². The number of benzene rings is 1. The van der Waals surface area contributed by atoms with Crippen LogP contribution in [0.15, 0.2) is 24.3 Å². The Hall–Kier alpha value is -2.17. The van der Waals surface area contributed by atoms with Crippen molar-refractivity contribution in [3.8, 4) is 0 Å². The predicted molar refractivity (Wildman–Crippen MR) is 72.5 cm³/mol. The second-order valence-corrected chi connectivity index (χ2v) is 4.75. The maximum Gasteiger partial charge on any atom is 0.227 e. The highest BCUT2D eigenvalue weighted by Gasteiger charge is 2.12. The lowest BCUT2D eigenvalue weighted by atomic mass is 10.1. The average Bonchev–Trinajstić information content (AvgIpc) is 2.74. The van der Waals surface area contributed by atoms with Gasteiger partial charge in [-0.1, -0.05) is 29.8 Å². The standard InChI is InChI=1S/C14H18N4O/c1-10-5-4-6-12(7-10)8-14(19)18(3)9-13-15-11(2)16-17-13/h4-7H,8-9H2,1-3H3,(H,15,16,17). The van der Waals surface area contributed by atoms with Crippen LogP contribution in [0, 0.1) is 13.8 Å². The molecule has 0 aliphatic carbocycles. The summed E-state index contributed by atoms with van der Waals surface area (Å²) in [7, 11) is 1.77. The summed E-state index contributed by atoms with van der Waals surface area (Å²) in [5.74, 6) is 1.46. The zero-order valence-electron chi connectivity index (χ0n) is 11.5. The van der Waals surface area contributed by atoms with E-state index in [1.807, 2.05) is 38.1 Å². The summed E-state index contributed by atoms with van der Waals surface area (Å²) in [6, 6.07) is 7.99. The van der Waals surface area contributed by atoms with E-state index >= 15 is 0 Å². The molecular formula is C14H18N4O. The van der Waals surface area contributed by atoms with Gasteiger partial charge in [-0.2, -0.15) is 5.10 Å². The van der Waals surface area contributed by atoms with Gasteiger partial charge < -0.3 is 4.90 Å². The van der Waals surface area contributed by atoms with E-state index in [4.69, 9.17) is 0 Å². The monoisotopic (exact) mass is 258 g/mol. The van der Waals surface area contributed by atoms with E-state index in [1.165, 1.54) is 0 Å². The third-order valence-electron chi connectivity index (χ3n) is 2.89. The van der Waals surface area contributed by atoms with Crippen molar-refractivity contribution in [2.75, 3.05) is 7.05 Å². The highest BCUT2D eigenvalue weighted by molar-refractivity contribution is 5.78. The van der Waals surface area contributed by atoms with Crippen molar-refractivity contribution < 1.29 is 4.79 Å². The molecule has 0 aliphatic heterocycles. The van der Waals surface area contributed by atoms with Gasteiger partial charge in [-0.25, -0.2) is 4.98 Å². The molecule has 0 saturated heterocycles. The van der Waals surface area contributed by atoms with Gasteiger partial charge in [0.05, 0.1) is 13.0 Å². The molecule has 5 nitrogen and oxygen atoms in total. The van der Waals surface area contributed by atoms with Gasteiger partial charge in [-0.3, -0.25) is 9.89 Å². The molecule has 1 amide bonds. The smallest absolute Gasteiger partial charge is 0.227 e. The van der Waals surface area contributed by atoms with Gasteiger partial charge in [0.15, 0.2) is 5.82 Å². The van der Waals surface area contributed by atoms with Gasteiger partial charge in [0.1, 0.15) is 5.82 Å². The van der Waals surface area contributed by atoms with Crippen LogP contribution in [0.2, 0.25) is 0 Å². The van der Waals surface area contributed by atoms with E-state index in [-0.39, 0.29) is 5.91 Å². The van der Waals surface area contributed by atoms with Crippen LogP contribution in [0.5, 0.6) is 0 Å². The Morgan fingerprint density at radius 2 is 2.16 bits per heavy atom. The van der Waals surface area contributed by atoms with Crippen molar-refractivity contribution in [3.63, 3.8) is 0 Å². The van der Waals surface area contributed by atoms with Gasteiger partial charge in [0.25, 0.3) is 0 Å². The minimum Gasteiger partial charge on any atom is -0.338 e. The molecule has 0 fully saturated rings. The largest absolute Gasteiger partial charge is 0.338 e. The third kappa shape index (κ3) is 3.64. The molecule has 0 unspecified atom stereocenters. The van der Waals surface area contributed by atoms with Crippen LogP contribution in [0.3, 0.4) is 0 Å². The maximum absolute atomic E-state index is 12.1. The molecule has 0 atom stereocenters. The Bertz CT molecular complexity index is 576. The fourth-order valence-corrected chi connectivity index (χ4v) is 1.89. The van der Waals surface area contributed by atoms with E-state index in [1.54, 1.807) is 11.9 Å². The lowest BCUT2D eigenvalue weighted by Crippen LogP contribution is -2.28. The Morgan fingerprint density at radius 1 is 1.37 bits per heavy atom. The number of rotatable bonds is 4. The highest BCUT2D eigenvalue weighted by atomic mass is 16.2. The number of hydrogen-bond acceptors (Lipinski definition) is 3. The lowest BCUT2D eigenvalue weighted by molar-refractivity contribution is -0.129. The minimum atomic E-state index is 0.0630. The molecule has 2 aromatic rings. The Labute approximate surface area is 112 Å². The molecular weight excluding hydrogens is 240 g/mol. The number of H-pyrrole nitrogens is 1. The second-order valence-electron chi connectivity index (χ2n) is 4.75. The van der Waals surface area contributed by atoms with Crippen LogP contribution in [-0.2, 0) is 17.8 Å². The molecule has 5 heteroatoms. The summed E-state index contributed by atoms with van der Waals surface area (Å²) in [4.78, 5) is 17.9. The van der Waals surface area contributed by atoms with Gasteiger partial charge in [0.2, 0.25) is 5.91 Å².